The molecule has 0 aromatic carbocycles. The van der Waals surface area contributed by atoms with Crippen molar-refractivity contribution in [2.24, 2.45) is 0 Å². The van der Waals surface area contributed by atoms with Crippen LogP contribution in [0.15, 0.2) is 0 Å². The van der Waals surface area contributed by atoms with Crippen LogP contribution in [0.25, 0.3) is 5.32 Å². The van der Waals surface area contributed by atoms with Crippen molar-refractivity contribution in [2.75, 3.05) is 28.2 Å². The van der Waals surface area contributed by atoms with Crippen molar-refractivity contribution >= 4 is 0 Å². The van der Waals surface area contributed by atoms with Crippen LogP contribution in [0.5, 0.6) is 0 Å². The Hall–Kier alpha value is 0.503. The minimum Gasteiger partial charge on any atom is -0.637 e. The van der Waals surface area contributed by atoms with E-state index >= 15 is 0 Å². The van der Waals surface area contributed by atoms with Gasteiger partial charge in [-0.15, -0.1) is 0 Å². The molecule has 0 spiro atoms. The van der Waals surface area contributed by atoms with Gasteiger partial charge in [-0.3, -0.25) is 0 Å². The van der Waals surface area contributed by atoms with Gasteiger partial charge in [-0.2, -0.15) is 7.05 Å². The van der Waals surface area contributed by atoms with Crippen molar-refractivity contribution in [1.82, 2.24) is 10.2 Å². The molecule has 1 radical (unpaired) electrons. The Morgan fingerprint density at radius 2 is 1.89 bits per heavy atom. The zero-order valence-corrected chi connectivity index (χ0v) is 8.06. The first-order chi connectivity index (χ1) is 3.72. The predicted molar refractivity (Wildman–Crippen MR) is 35.8 cm³/mol. The maximum atomic E-state index is 4.02. The summed E-state index contributed by atoms with van der Waals surface area (Å²) in [6.45, 7) is 0. The molecule has 0 aliphatic carbocycles. The summed E-state index contributed by atoms with van der Waals surface area (Å²) in [4.78, 5) is 2.00. The first-order valence-corrected chi connectivity index (χ1v) is 2.65. The molecule has 0 aliphatic heterocycles. The average Bonchev–Trinajstić information content (AvgIpc) is 1.69. The summed E-state index contributed by atoms with van der Waals surface area (Å²) in [5.41, 5.74) is 0. The third kappa shape index (κ3) is 4.97. The third-order valence-corrected chi connectivity index (χ3v) is 0.992. The van der Waals surface area contributed by atoms with Gasteiger partial charge in [0.1, 0.15) is 0 Å². The van der Waals surface area contributed by atoms with Crippen LogP contribution in [0.4, 0.5) is 0 Å². The molecular weight excluding hydrogens is 203 g/mol. The minimum absolute atomic E-state index is 0. The van der Waals surface area contributed by atoms with E-state index < -0.39 is 0 Å². The molecule has 0 fully saturated rings. The molecule has 9 heavy (non-hydrogen) atoms. The molecule has 1 unspecified atom stereocenters. The Balaban J connectivity index is 0. The summed E-state index contributed by atoms with van der Waals surface area (Å²) in [5, 5.41) is 7.03. The molecule has 0 saturated carbocycles. The number of nitrogens with zero attached hydrogens (tertiary/aromatic N) is 2. The van der Waals surface area contributed by atoms with Gasteiger partial charge in [0, 0.05) is 0 Å². The second kappa shape index (κ2) is 6.62. The number of hydrogen-bond acceptors (Lipinski definition) is 2. The zero-order chi connectivity index (χ0) is 6.57. The van der Waals surface area contributed by atoms with Crippen LogP contribution in [-0.2, 0) is 19.5 Å². The van der Waals surface area contributed by atoms with E-state index in [-0.39, 0.29) is 25.8 Å². The molecule has 0 bridgehead atoms. The van der Waals surface area contributed by atoms with Crippen molar-refractivity contribution in [3.05, 3.63) is 5.32 Å². The summed E-state index contributed by atoms with van der Waals surface area (Å²) in [7, 11) is 7.64. The van der Waals surface area contributed by atoms with Gasteiger partial charge in [-0.1, -0.05) is 0 Å². The van der Waals surface area contributed by atoms with E-state index in [2.05, 4.69) is 10.6 Å². The zero-order valence-electron chi connectivity index (χ0n) is 6.33. The quantitative estimate of drug-likeness (QED) is 0.535. The summed E-state index contributed by atoms with van der Waals surface area (Å²) in [6.07, 6.45) is 0.162. The van der Waals surface area contributed by atoms with Crippen molar-refractivity contribution in [1.29, 1.82) is 0 Å². The minimum atomic E-state index is 0. The fraction of sp³-hybridized carbons (Fsp3) is 1.00. The maximum absolute atomic E-state index is 4.02. The van der Waals surface area contributed by atoms with Gasteiger partial charge in [0.05, 0.1) is 0 Å². The van der Waals surface area contributed by atoms with Crippen LogP contribution in [0.1, 0.15) is 0 Å². The Kier molecular flexibility index (Phi) is 8.98. The average molecular weight is 217 g/mol. The Morgan fingerprint density at radius 3 is 1.89 bits per heavy atom. The van der Waals surface area contributed by atoms with Gasteiger partial charge in [0.2, 0.25) is 0 Å². The molecule has 0 amide bonds. The van der Waals surface area contributed by atoms with Gasteiger partial charge < -0.3 is 15.5 Å². The van der Waals surface area contributed by atoms with E-state index in [1.807, 2.05) is 26.0 Å². The van der Waals surface area contributed by atoms with Crippen LogP contribution in [0.3, 0.4) is 0 Å². The standard InChI is InChI=1S/C5H14N3.Ru/c1-6-5(7-2)8(3)4;/h5-6H,1-4H3;/q-1;+1. The van der Waals surface area contributed by atoms with E-state index in [1.54, 1.807) is 7.05 Å². The van der Waals surface area contributed by atoms with Crippen LogP contribution in [-0.4, -0.2) is 39.4 Å². The first-order valence-electron chi connectivity index (χ1n) is 2.65. The van der Waals surface area contributed by atoms with E-state index in [9.17, 15) is 0 Å². The summed E-state index contributed by atoms with van der Waals surface area (Å²) < 4.78 is 0. The van der Waals surface area contributed by atoms with Crippen molar-refractivity contribution in [3.8, 4) is 0 Å². The van der Waals surface area contributed by atoms with E-state index in [1.165, 1.54) is 0 Å². The molecule has 3 nitrogen and oxygen atoms in total. The second-order valence-electron chi connectivity index (χ2n) is 1.88. The van der Waals surface area contributed by atoms with Crippen molar-refractivity contribution in [2.45, 2.75) is 6.29 Å². The fourth-order valence-corrected chi connectivity index (χ4v) is 0.618. The topological polar surface area (TPSA) is 29.4 Å². The number of nitrogens with one attached hydrogen (secondary N) is 1. The van der Waals surface area contributed by atoms with Gasteiger partial charge in [0.15, 0.2) is 0 Å². The summed E-state index contributed by atoms with van der Waals surface area (Å²) >= 11 is 0. The molecule has 0 aromatic heterocycles. The van der Waals surface area contributed by atoms with E-state index in [0.29, 0.717) is 0 Å². The summed E-state index contributed by atoms with van der Waals surface area (Å²) in [6, 6.07) is 0. The van der Waals surface area contributed by atoms with Crippen molar-refractivity contribution in [3.63, 3.8) is 0 Å². The van der Waals surface area contributed by atoms with Crippen LogP contribution >= 0.6 is 0 Å². The van der Waals surface area contributed by atoms with Gasteiger partial charge in [0.25, 0.3) is 0 Å². The molecule has 57 valence electrons. The van der Waals surface area contributed by atoms with E-state index in [4.69, 9.17) is 0 Å². The fourth-order valence-electron chi connectivity index (χ4n) is 0.618. The van der Waals surface area contributed by atoms with Crippen LogP contribution in [0, 0.1) is 0 Å². The molecule has 1 atom stereocenters. The van der Waals surface area contributed by atoms with Crippen LogP contribution < -0.4 is 5.32 Å². The van der Waals surface area contributed by atoms with Gasteiger partial charge in [-0.05, 0) is 27.4 Å². The maximum Gasteiger partial charge on any atom is 1.00 e. The molecule has 0 aromatic rings. The number of hydrogen-bond donors (Lipinski definition) is 1. The molecule has 0 aliphatic rings. The molecule has 1 N–H and O–H groups in total. The molecule has 0 rings (SSSR count). The Morgan fingerprint density at radius 1 is 1.44 bits per heavy atom. The van der Waals surface area contributed by atoms with Gasteiger partial charge >= 0.3 is 19.5 Å². The first kappa shape index (κ1) is 12.2. The number of rotatable bonds is 3. The molecule has 0 heterocycles. The Labute approximate surface area is 69.9 Å². The predicted octanol–water partition coefficient (Wildman–Crippen LogP) is 0.0520. The SMILES string of the molecule is C[N-]C(NC)N(C)C.[Ru+]. The largest absolute Gasteiger partial charge is 1.00 e. The van der Waals surface area contributed by atoms with Gasteiger partial charge in [-0.25, -0.2) is 0 Å². The Bertz CT molecular complexity index is 54.2. The molecule has 4 heteroatoms. The monoisotopic (exact) mass is 218 g/mol. The second-order valence-corrected chi connectivity index (χ2v) is 1.88. The van der Waals surface area contributed by atoms with E-state index in [0.717, 1.165) is 0 Å². The summed E-state index contributed by atoms with van der Waals surface area (Å²) in [5.74, 6) is 0. The van der Waals surface area contributed by atoms with Crippen LogP contribution in [0.2, 0.25) is 0 Å². The van der Waals surface area contributed by atoms with Crippen molar-refractivity contribution < 1.29 is 19.5 Å². The third-order valence-electron chi connectivity index (χ3n) is 0.992. The molecule has 0 saturated heterocycles. The smallest absolute Gasteiger partial charge is 0.637 e. The molecular formula is C5H14N3Ru. The normalized spacial score (nSPS) is 13.0.